The molecule has 1 aliphatic rings. The van der Waals surface area contributed by atoms with Gasteiger partial charge in [-0.3, -0.25) is 14.5 Å². The summed E-state index contributed by atoms with van der Waals surface area (Å²) in [6.07, 6.45) is 1.43. The highest BCUT2D eigenvalue weighted by atomic mass is 79.9. The number of carbonyl (C=O) groups excluding carboxylic acids is 2. The van der Waals surface area contributed by atoms with Gasteiger partial charge >= 0.3 is 0 Å². The van der Waals surface area contributed by atoms with E-state index in [4.69, 9.17) is 5.73 Å². The van der Waals surface area contributed by atoms with Crippen LogP contribution in [0.25, 0.3) is 0 Å². The van der Waals surface area contributed by atoms with Gasteiger partial charge in [0.1, 0.15) is 5.82 Å². The third kappa shape index (κ3) is 4.25. The van der Waals surface area contributed by atoms with Crippen LogP contribution < -0.4 is 11.1 Å². The molecule has 114 valence electrons. The zero-order valence-electron chi connectivity index (χ0n) is 11.4. The van der Waals surface area contributed by atoms with Gasteiger partial charge in [-0.05, 0) is 40.9 Å². The molecule has 2 rings (SSSR count). The molecule has 0 spiro atoms. The fraction of sp³-hybridized carbons (Fsp3) is 0.429. The van der Waals surface area contributed by atoms with Crippen LogP contribution in [0.1, 0.15) is 23.2 Å². The Morgan fingerprint density at radius 3 is 2.67 bits per heavy atom. The number of hydrogen-bond acceptors (Lipinski definition) is 3. The number of rotatable bonds is 4. The summed E-state index contributed by atoms with van der Waals surface area (Å²) in [6.45, 7) is 1.62. The van der Waals surface area contributed by atoms with Crippen LogP contribution in [0.5, 0.6) is 0 Å². The molecule has 0 aromatic heterocycles. The second-order valence-electron chi connectivity index (χ2n) is 5.09. The van der Waals surface area contributed by atoms with Gasteiger partial charge < -0.3 is 11.1 Å². The molecule has 1 saturated heterocycles. The molecule has 0 atom stereocenters. The molecular weight excluding hydrogens is 341 g/mol. The Morgan fingerprint density at radius 2 is 2.05 bits per heavy atom. The smallest absolute Gasteiger partial charge is 0.254 e. The van der Waals surface area contributed by atoms with Crippen LogP contribution in [0.4, 0.5) is 4.39 Å². The number of carbonyl (C=O) groups is 2. The lowest BCUT2D eigenvalue weighted by Crippen LogP contribution is -2.46. The van der Waals surface area contributed by atoms with Crippen LogP contribution >= 0.6 is 15.9 Å². The SMILES string of the molecule is NC(=O)CN1CCC(NC(=O)c2cccc(Br)c2F)CC1. The summed E-state index contributed by atoms with van der Waals surface area (Å²) in [5.41, 5.74) is 5.18. The molecule has 0 aliphatic carbocycles. The van der Waals surface area contributed by atoms with Crippen molar-refractivity contribution in [2.24, 2.45) is 5.73 Å². The minimum absolute atomic E-state index is 0.0139. The molecular formula is C14H17BrFN3O2. The maximum Gasteiger partial charge on any atom is 0.254 e. The van der Waals surface area contributed by atoms with Gasteiger partial charge in [-0.2, -0.15) is 0 Å². The van der Waals surface area contributed by atoms with Crippen molar-refractivity contribution in [2.75, 3.05) is 19.6 Å². The van der Waals surface area contributed by atoms with E-state index in [1.807, 2.05) is 4.90 Å². The zero-order valence-corrected chi connectivity index (χ0v) is 13.0. The van der Waals surface area contributed by atoms with Gasteiger partial charge in [-0.25, -0.2) is 4.39 Å². The Hall–Kier alpha value is -1.47. The van der Waals surface area contributed by atoms with Gasteiger partial charge in [0.15, 0.2) is 0 Å². The van der Waals surface area contributed by atoms with Crippen LogP contribution in [0, 0.1) is 5.82 Å². The van der Waals surface area contributed by atoms with Crippen LogP contribution in [0.15, 0.2) is 22.7 Å². The monoisotopic (exact) mass is 357 g/mol. The van der Waals surface area contributed by atoms with Gasteiger partial charge in [0.25, 0.3) is 5.91 Å². The number of primary amides is 1. The van der Waals surface area contributed by atoms with E-state index in [1.54, 1.807) is 12.1 Å². The van der Waals surface area contributed by atoms with Gasteiger partial charge in [0, 0.05) is 19.1 Å². The molecule has 0 radical (unpaired) electrons. The summed E-state index contributed by atoms with van der Waals surface area (Å²) in [5.74, 6) is -1.32. The fourth-order valence-corrected chi connectivity index (χ4v) is 2.76. The summed E-state index contributed by atoms with van der Waals surface area (Å²) in [7, 11) is 0. The average Bonchev–Trinajstić information content (AvgIpc) is 2.43. The van der Waals surface area contributed by atoms with Crippen molar-refractivity contribution in [3.8, 4) is 0 Å². The number of halogens is 2. The minimum Gasteiger partial charge on any atom is -0.369 e. The van der Waals surface area contributed by atoms with E-state index in [2.05, 4.69) is 21.2 Å². The Morgan fingerprint density at radius 1 is 1.38 bits per heavy atom. The quantitative estimate of drug-likeness (QED) is 0.851. The first-order valence-corrected chi connectivity index (χ1v) is 7.52. The largest absolute Gasteiger partial charge is 0.369 e. The van der Waals surface area contributed by atoms with Crippen molar-refractivity contribution in [1.82, 2.24) is 10.2 Å². The molecule has 1 aromatic carbocycles. The average molecular weight is 358 g/mol. The predicted octanol–water partition coefficient (Wildman–Crippen LogP) is 1.27. The summed E-state index contributed by atoms with van der Waals surface area (Å²) >= 11 is 3.06. The van der Waals surface area contributed by atoms with Gasteiger partial charge in [-0.1, -0.05) is 6.07 Å². The molecule has 0 unspecified atom stereocenters. The molecule has 0 saturated carbocycles. The number of hydrogen-bond donors (Lipinski definition) is 2. The van der Waals surface area contributed by atoms with E-state index in [9.17, 15) is 14.0 Å². The Bertz CT molecular complexity index is 545. The van der Waals surface area contributed by atoms with E-state index >= 15 is 0 Å². The van der Waals surface area contributed by atoms with Crippen LogP contribution in [0.3, 0.4) is 0 Å². The van der Waals surface area contributed by atoms with E-state index < -0.39 is 11.7 Å². The fourth-order valence-electron chi connectivity index (χ4n) is 2.40. The maximum absolute atomic E-state index is 13.8. The summed E-state index contributed by atoms with van der Waals surface area (Å²) in [6, 6.07) is 4.61. The number of nitrogens with two attached hydrogens (primary N) is 1. The molecule has 0 bridgehead atoms. The first kappa shape index (κ1) is 15.9. The van der Waals surface area contributed by atoms with E-state index in [1.165, 1.54) is 6.07 Å². The number of likely N-dealkylation sites (tertiary alicyclic amines) is 1. The number of nitrogens with one attached hydrogen (secondary N) is 1. The van der Waals surface area contributed by atoms with Crippen molar-refractivity contribution in [1.29, 1.82) is 0 Å². The molecule has 2 amide bonds. The van der Waals surface area contributed by atoms with Crippen molar-refractivity contribution in [3.05, 3.63) is 34.1 Å². The molecule has 1 aliphatic heterocycles. The van der Waals surface area contributed by atoms with E-state index in [-0.39, 0.29) is 28.5 Å². The third-order valence-electron chi connectivity index (χ3n) is 3.50. The van der Waals surface area contributed by atoms with Gasteiger partial charge in [0.2, 0.25) is 5.91 Å². The summed E-state index contributed by atoms with van der Waals surface area (Å²) in [4.78, 5) is 24.9. The van der Waals surface area contributed by atoms with Crippen molar-refractivity contribution in [2.45, 2.75) is 18.9 Å². The number of amides is 2. The van der Waals surface area contributed by atoms with Crippen LogP contribution in [-0.2, 0) is 4.79 Å². The summed E-state index contributed by atoms with van der Waals surface area (Å²) in [5, 5.41) is 2.83. The van der Waals surface area contributed by atoms with Crippen molar-refractivity contribution < 1.29 is 14.0 Å². The van der Waals surface area contributed by atoms with Crippen molar-refractivity contribution in [3.63, 3.8) is 0 Å². The Labute approximate surface area is 130 Å². The van der Waals surface area contributed by atoms with E-state index in [0.717, 1.165) is 0 Å². The highest BCUT2D eigenvalue weighted by molar-refractivity contribution is 9.10. The zero-order chi connectivity index (χ0) is 15.4. The first-order chi connectivity index (χ1) is 9.97. The third-order valence-corrected chi connectivity index (χ3v) is 4.11. The summed E-state index contributed by atoms with van der Waals surface area (Å²) < 4.78 is 14.1. The van der Waals surface area contributed by atoms with Gasteiger partial charge in [-0.15, -0.1) is 0 Å². The second kappa shape index (κ2) is 7.00. The highest BCUT2D eigenvalue weighted by Gasteiger charge is 2.23. The molecule has 1 fully saturated rings. The van der Waals surface area contributed by atoms with Crippen molar-refractivity contribution >= 4 is 27.7 Å². The predicted molar refractivity (Wildman–Crippen MR) is 80.2 cm³/mol. The topological polar surface area (TPSA) is 75.4 Å². The molecule has 1 aromatic rings. The van der Waals surface area contributed by atoms with Crippen LogP contribution in [0.2, 0.25) is 0 Å². The normalized spacial score (nSPS) is 16.7. The number of nitrogens with zero attached hydrogens (tertiary/aromatic N) is 1. The van der Waals surface area contributed by atoms with Gasteiger partial charge in [0.05, 0.1) is 16.6 Å². The minimum atomic E-state index is -0.554. The lowest BCUT2D eigenvalue weighted by molar-refractivity contribution is -0.119. The maximum atomic E-state index is 13.8. The molecule has 21 heavy (non-hydrogen) atoms. The number of benzene rings is 1. The Kier molecular flexibility index (Phi) is 5.30. The molecule has 3 N–H and O–H groups in total. The Balaban J connectivity index is 1.90. The van der Waals surface area contributed by atoms with E-state index in [0.29, 0.717) is 25.9 Å². The van der Waals surface area contributed by atoms with Crippen LogP contribution in [-0.4, -0.2) is 42.4 Å². The lowest BCUT2D eigenvalue weighted by atomic mass is 10.0. The highest BCUT2D eigenvalue weighted by Crippen LogP contribution is 2.19. The molecule has 5 nitrogen and oxygen atoms in total. The molecule has 1 heterocycles. The lowest BCUT2D eigenvalue weighted by Gasteiger charge is -2.31. The number of piperidine rings is 1. The first-order valence-electron chi connectivity index (χ1n) is 6.73. The second-order valence-corrected chi connectivity index (χ2v) is 5.95. The standard InChI is InChI=1S/C14H17BrFN3O2/c15-11-3-1-2-10(13(11)16)14(21)18-9-4-6-19(7-5-9)8-12(17)20/h1-3,9H,4-8H2,(H2,17,20)(H,18,21). The molecule has 7 heteroatoms.